The van der Waals surface area contributed by atoms with Crippen LogP contribution < -0.4 is 5.32 Å². The van der Waals surface area contributed by atoms with Crippen LogP contribution in [0.3, 0.4) is 0 Å². The van der Waals surface area contributed by atoms with Crippen molar-refractivity contribution in [2.45, 2.75) is 37.6 Å². The minimum absolute atomic E-state index is 0.149. The Kier molecular flexibility index (Phi) is 4.31. The van der Waals surface area contributed by atoms with Gasteiger partial charge in [-0.3, -0.25) is 4.79 Å². The first kappa shape index (κ1) is 15.2. The van der Waals surface area contributed by atoms with Gasteiger partial charge in [0.05, 0.1) is 10.7 Å². The molecule has 1 N–H and O–H groups in total. The van der Waals surface area contributed by atoms with Crippen LogP contribution in [0.2, 0.25) is 10.0 Å². The maximum Gasteiger partial charge on any atom is 0.252 e. The van der Waals surface area contributed by atoms with E-state index < -0.39 is 5.54 Å². The van der Waals surface area contributed by atoms with Gasteiger partial charge in [-0.25, -0.2) is 4.68 Å². The summed E-state index contributed by atoms with van der Waals surface area (Å²) in [6.45, 7) is 0. The number of rotatable bonds is 3. The van der Waals surface area contributed by atoms with Crippen LogP contribution in [0.25, 0.3) is 0 Å². The molecular formula is C14H15Cl2N5O. The summed E-state index contributed by atoms with van der Waals surface area (Å²) in [5, 5.41) is 15.1. The average Bonchev–Trinajstić information content (AvgIpc) is 3.05. The highest BCUT2D eigenvalue weighted by Gasteiger charge is 2.42. The number of hydrogen-bond acceptors (Lipinski definition) is 4. The van der Waals surface area contributed by atoms with E-state index in [9.17, 15) is 4.79 Å². The third-order valence-corrected chi connectivity index (χ3v) is 4.62. The lowest BCUT2D eigenvalue weighted by molar-refractivity contribution is -0.126. The van der Waals surface area contributed by atoms with Gasteiger partial charge in [0.15, 0.2) is 0 Å². The molecule has 1 heterocycles. The van der Waals surface area contributed by atoms with Crippen LogP contribution in [0.4, 0.5) is 5.69 Å². The summed E-state index contributed by atoms with van der Waals surface area (Å²) in [5.74, 6) is -0.149. The van der Waals surface area contributed by atoms with E-state index in [1.807, 2.05) is 0 Å². The topological polar surface area (TPSA) is 72.7 Å². The van der Waals surface area contributed by atoms with Crippen molar-refractivity contribution < 1.29 is 4.79 Å². The number of benzene rings is 1. The molecule has 1 aliphatic rings. The Balaban J connectivity index is 1.90. The zero-order chi connectivity index (χ0) is 15.6. The zero-order valence-corrected chi connectivity index (χ0v) is 13.3. The van der Waals surface area contributed by atoms with Crippen molar-refractivity contribution in [3.8, 4) is 0 Å². The third kappa shape index (κ3) is 2.80. The molecule has 1 aromatic heterocycles. The molecule has 0 atom stereocenters. The van der Waals surface area contributed by atoms with E-state index in [1.54, 1.807) is 22.9 Å². The van der Waals surface area contributed by atoms with Crippen LogP contribution in [0.5, 0.6) is 0 Å². The fourth-order valence-electron chi connectivity index (χ4n) is 2.88. The smallest absolute Gasteiger partial charge is 0.252 e. The number of tetrazole rings is 1. The molecule has 1 amide bonds. The van der Waals surface area contributed by atoms with Crippen molar-refractivity contribution in [2.24, 2.45) is 0 Å². The molecule has 1 aromatic carbocycles. The van der Waals surface area contributed by atoms with Gasteiger partial charge in [0.1, 0.15) is 11.9 Å². The summed E-state index contributed by atoms with van der Waals surface area (Å²) < 4.78 is 1.56. The highest BCUT2D eigenvalue weighted by molar-refractivity contribution is 6.36. The van der Waals surface area contributed by atoms with Crippen molar-refractivity contribution in [1.82, 2.24) is 20.2 Å². The first-order valence-corrected chi connectivity index (χ1v) is 7.87. The summed E-state index contributed by atoms with van der Waals surface area (Å²) in [5.41, 5.74) is -0.223. The number of amides is 1. The summed E-state index contributed by atoms with van der Waals surface area (Å²) in [6, 6.07) is 4.98. The Morgan fingerprint density at radius 3 is 2.64 bits per heavy atom. The second-order valence-corrected chi connectivity index (χ2v) is 6.27. The fourth-order valence-corrected chi connectivity index (χ4v) is 3.34. The Morgan fingerprint density at radius 1 is 1.23 bits per heavy atom. The van der Waals surface area contributed by atoms with E-state index in [0.29, 0.717) is 28.6 Å². The molecule has 3 rings (SSSR count). The van der Waals surface area contributed by atoms with Gasteiger partial charge in [0, 0.05) is 5.02 Å². The quantitative estimate of drug-likeness (QED) is 0.931. The van der Waals surface area contributed by atoms with Crippen LogP contribution in [0, 0.1) is 0 Å². The first-order valence-electron chi connectivity index (χ1n) is 7.12. The monoisotopic (exact) mass is 339 g/mol. The predicted molar refractivity (Wildman–Crippen MR) is 84.0 cm³/mol. The van der Waals surface area contributed by atoms with E-state index in [2.05, 4.69) is 20.8 Å². The summed E-state index contributed by atoms with van der Waals surface area (Å²) in [7, 11) is 0. The molecule has 0 spiro atoms. The minimum atomic E-state index is -0.759. The van der Waals surface area contributed by atoms with Gasteiger partial charge in [-0.2, -0.15) is 0 Å². The zero-order valence-electron chi connectivity index (χ0n) is 11.8. The molecule has 1 fully saturated rings. The number of aromatic nitrogens is 4. The average molecular weight is 340 g/mol. The lowest BCUT2D eigenvalue weighted by Crippen LogP contribution is -2.47. The minimum Gasteiger partial charge on any atom is -0.323 e. The van der Waals surface area contributed by atoms with E-state index in [-0.39, 0.29) is 5.91 Å². The molecule has 0 saturated heterocycles. The van der Waals surface area contributed by atoms with Gasteiger partial charge in [-0.05, 0) is 41.5 Å². The molecular weight excluding hydrogens is 325 g/mol. The van der Waals surface area contributed by atoms with Crippen molar-refractivity contribution in [3.63, 3.8) is 0 Å². The van der Waals surface area contributed by atoms with Crippen LogP contribution in [0.1, 0.15) is 32.1 Å². The highest BCUT2D eigenvalue weighted by atomic mass is 35.5. The number of nitrogens with zero attached hydrogens (tertiary/aromatic N) is 4. The number of hydrogen-bond donors (Lipinski definition) is 1. The first-order chi connectivity index (χ1) is 10.6. The normalized spacial score (nSPS) is 17.2. The summed E-state index contributed by atoms with van der Waals surface area (Å²) >= 11 is 12.0. The van der Waals surface area contributed by atoms with Crippen molar-refractivity contribution in [2.75, 3.05) is 5.32 Å². The standard InChI is InChI=1S/C14H15Cl2N5O/c15-10-4-5-12(11(16)8-10)18-13(22)14(6-2-1-3-7-14)21-9-17-19-20-21/h4-5,8-9H,1-3,6-7H2,(H,18,22). The molecule has 1 saturated carbocycles. The molecule has 22 heavy (non-hydrogen) atoms. The molecule has 6 nitrogen and oxygen atoms in total. The second kappa shape index (κ2) is 6.22. The van der Waals surface area contributed by atoms with Crippen LogP contribution >= 0.6 is 23.2 Å². The van der Waals surface area contributed by atoms with Gasteiger partial charge >= 0.3 is 0 Å². The van der Waals surface area contributed by atoms with Gasteiger partial charge in [-0.1, -0.05) is 42.5 Å². The summed E-state index contributed by atoms with van der Waals surface area (Å²) in [4.78, 5) is 12.9. The highest BCUT2D eigenvalue weighted by Crippen LogP contribution is 2.36. The summed E-state index contributed by atoms with van der Waals surface area (Å²) in [6.07, 6.45) is 5.93. The Hall–Kier alpha value is -1.66. The molecule has 116 valence electrons. The van der Waals surface area contributed by atoms with E-state index >= 15 is 0 Å². The Bertz CT molecular complexity index is 668. The third-order valence-electron chi connectivity index (χ3n) is 4.07. The van der Waals surface area contributed by atoms with Gasteiger partial charge in [0.2, 0.25) is 0 Å². The second-order valence-electron chi connectivity index (χ2n) is 5.42. The number of carbonyl (C=O) groups is 1. The van der Waals surface area contributed by atoms with E-state index in [0.717, 1.165) is 19.3 Å². The molecule has 0 aliphatic heterocycles. The van der Waals surface area contributed by atoms with Gasteiger partial charge in [0.25, 0.3) is 5.91 Å². The van der Waals surface area contributed by atoms with Crippen LogP contribution in [-0.4, -0.2) is 26.1 Å². The lowest BCUT2D eigenvalue weighted by atomic mass is 9.81. The number of halogens is 2. The van der Waals surface area contributed by atoms with Gasteiger partial charge < -0.3 is 5.32 Å². The predicted octanol–water partition coefficient (Wildman–Crippen LogP) is 3.28. The largest absolute Gasteiger partial charge is 0.323 e. The number of carbonyl (C=O) groups excluding carboxylic acids is 1. The van der Waals surface area contributed by atoms with E-state index in [4.69, 9.17) is 23.2 Å². The molecule has 0 bridgehead atoms. The maximum atomic E-state index is 12.9. The molecule has 2 aromatic rings. The van der Waals surface area contributed by atoms with Crippen LogP contribution in [-0.2, 0) is 10.3 Å². The van der Waals surface area contributed by atoms with Crippen LogP contribution in [0.15, 0.2) is 24.5 Å². The maximum absolute atomic E-state index is 12.9. The number of nitrogens with one attached hydrogen (secondary N) is 1. The number of anilines is 1. The SMILES string of the molecule is O=C(Nc1ccc(Cl)cc1Cl)C1(n2cnnn2)CCCCC1. The Morgan fingerprint density at radius 2 is 2.00 bits per heavy atom. The van der Waals surface area contributed by atoms with Crippen molar-refractivity contribution in [1.29, 1.82) is 0 Å². The molecule has 0 radical (unpaired) electrons. The lowest BCUT2D eigenvalue weighted by Gasteiger charge is -2.35. The van der Waals surface area contributed by atoms with Gasteiger partial charge in [-0.15, -0.1) is 5.10 Å². The van der Waals surface area contributed by atoms with Crippen molar-refractivity contribution in [3.05, 3.63) is 34.6 Å². The Labute approximate surface area is 137 Å². The van der Waals surface area contributed by atoms with E-state index in [1.165, 1.54) is 6.33 Å². The molecule has 1 aliphatic carbocycles. The molecule has 0 unspecified atom stereocenters. The molecule has 8 heteroatoms. The fraction of sp³-hybridized carbons (Fsp3) is 0.429. The van der Waals surface area contributed by atoms with Crippen molar-refractivity contribution >= 4 is 34.8 Å².